The van der Waals surface area contributed by atoms with Crippen LogP contribution in [0.1, 0.15) is 73.0 Å². The van der Waals surface area contributed by atoms with Crippen LogP contribution in [0.2, 0.25) is 0 Å². The molecule has 122 valence electrons. The number of rotatable bonds is 4. The van der Waals surface area contributed by atoms with Crippen molar-refractivity contribution in [3.63, 3.8) is 0 Å². The van der Waals surface area contributed by atoms with Gasteiger partial charge in [-0.15, -0.1) is 6.58 Å². The molecule has 0 amide bonds. The zero-order valence-corrected chi connectivity index (χ0v) is 14.1. The van der Waals surface area contributed by atoms with Gasteiger partial charge in [-0.1, -0.05) is 31.6 Å². The number of fused-ring (bicyclic) bond motifs is 1. The molecule has 5 atom stereocenters. The van der Waals surface area contributed by atoms with E-state index in [0.29, 0.717) is 17.4 Å². The van der Waals surface area contributed by atoms with E-state index in [9.17, 15) is 0 Å². The highest BCUT2D eigenvalue weighted by Gasteiger charge is 2.38. The maximum absolute atomic E-state index is 9.02. The number of hydrogen-bond donors (Lipinski definition) is 0. The summed E-state index contributed by atoms with van der Waals surface area (Å²) in [6.45, 7) is 5.72. The highest BCUT2D eigenvalue weighted by molar-refractivity contribution is 5.33. The Bertz CT molecular complexity index is 686. The average molecular weight is 310 g/mol. The van der Waals surface area contributed by atoms with Gasteiger partial charge in [0, 0.05) is 4.11 Å². The Morgan fingerprint density at radius 1 is 1.30 bits per heavy atom. The van der Waals surface area contributed by atoms with E-state index in [1.807, 2.05) is 25.1 Å². The number of allylic oxidation sites excluding steroid dienone is 1. The second-order valence-corrected chi connectivity index (χ2v) is 7.30. The van der Waals surface area contributed by atoms with Gasteiger partial charge in [0.1, 0.15) is 0 Å². The molecule has 5 unspecified atom stereocenters. The molecular formula is C22H29N. The molecule has 1 aromatic carbocycles. The lowest BCUT2D eigenvalue weighted by molar-refractivity contribution is 0.0855. The van der Waals surface area contributed by atoms with Crippen LogP contribution in [0.25, 0.3) is 0 Å². The standard InChI is InChI=1S/C22H29N/c1-3-4-5-17-6-11-20-14-22(16(2)12-21(20)13-17)19-9-7-18(15-23)8-10-19/h3,7-10,16-17,20-22H,1,4-6,11-14H2,2H3/i14D2,16D. The second-order valence-electron chi connectivity index (χ2n) is 7.30. The van der Waals surface area contributed by atoms with Gasteiger partial charge in [-0.3, -0.25) is 0 Å². The van der Waals surface area contributed by atoms with Crippen molar-refractivity contribution in [2.75, 3.05) is 0 Å². The van der Waals surface area contributed by atoms with Crippen LogP contribution < -0.4 is 0 Å². The molecule has 0 radical (unpaired) electrons. The topological polar surface area (TPSA) is 23.8 Å². The first kappa shape index (κ1) is 12.8. The van der Waals surface area contributed by atoms with Gasteiger partial charge in [-0.05, 0) is 85.7 Å². The molecule has 0 saturated heterocycles. The van der Waals surface area contributed by atoms with E-state index >= 15 is 0 Å². The molecule has 23 heavy (non-hydrogen) atoms. The van der Waals surface area contributed by atoms with Crippen molar-refractivity contribution in [3.05, 3.63) is 48.0 Å². The predicted molar refractivity (Wildman–Crippen MR) is 96.0 cm³/mol. The van der Waals surface area contributed by atoms with E-state index < -0.39 is 18.2 Å². The molecule has 3 rings (SSSR count). The molecule has 0 aliphatic heterocycles. The minimum Gasteiger partial charge on any atom is -0.192 e. The van der Waals surface area contributed by atoms with Gasteiger partial charge in [0.25, 0.3) is 0 Å². The molecule has 2 fully saturated rings. The van der Waals surface area contributed by atoms with Crippen molar-refractivity contribution >= 4 is 0 Å². The Hall–Kier alpha value is -1.55. The Morgan fingerprint density at radius 2 is 2.09 bits per heavy atom. The summed E-state index contributed by atoms with van der Waals surface area (Å²) in [5.74, 6) is -0.313. The van der Waals surface area contributed by atoms with Crippen LogP contribution in [0.3, 0.4) is 0 Å². The lowest BCUT2D eigenvalue weighted by atomic mass is 9.60. The van der Waals surface area contributed by atoms with Crippen molar-refractivity contribution in [2.45, 2.75) is 57.7 Å². The molecule has 0 heterocycles. The molecule has 0 aromatic heterocycles. The van der Waals surface area contributed by atoms with Crippen LogP contribution in [0.15, 0.2) is 36.9 Å². The van der Waals surface area contributed by atoms with Crippen molar-refractivity contribution in [3.8, 4) is 6.07 Å². The van der Waals surface area contributed by atoms with Gasteiger partial charge in [0.15, 0.2) is 0 Å². The van der Waals surface area contributed by atoms with E-state index in [1.54, 1.807) is 12.1 Å². The van der Waals surface area contributed by atoms with Crippen molar-refractivity contribution in [1.29, 1.82) is 5.26 Å². The lowest BCUT2D eigenvalue weighted by Gasteiger charge is -2.45. The number of nitriles is 1. The molecule has 0 bridgehead atoms. The molecule has 0 N–H and O–H groups in total. The smallest absolute Gasteiger partial charge is 0.0991 e. The number of benzene rings is 1. The third kappa shape index (κ3) is 3.69. The van der Waals surface area contributed by atoms with Crippen molar-refractivity contribution < 1.29 is 4.11 Å². The number of nitrogens with zero attached hydrogens (tertiary/aromatic N) is 1. The maximum Gasteiger partial charge on any atom is 0.0991 e. The van der Waals surface area contributed by atoms with E-state index in [0.717, 1.165) is 44.1 Å². The third-order valence-electron chi connectivity index (χ3n) is 5.70. The minimum absolute atomic E-state index is 0.0292. The molecule has 1 heteroatoms. The van der Waals surface area contributed by atoms with Crippen LogP contribution >= 0.6 is 0 Å². The Balaban J connectivity index is 1.87. The summed E-state index contributed by atoms with van der Waals surface area (Å²) in [5.41, 5.74) is 1.44. The summed E-state index contributed by atoms with van der Waals surface area (Å²) in [6.07, 6.45) is 6.56. The third-order valence-corrected chi connectivity index (χ3v) is 5.70. The highest BCUT2D eigenvalue weighted by atomic mass is 14.4. The van der Waals surface area contributed by atoms with E-state index in [1.165, 1.54) is 0 Å². The van der Waals surface area contributed by atoms with Crippen LogP contribution in [0.4, 0.5) is 0 Å². The van der Waals surface area contributed by atoms with Crippen molar-refractivity contribution in [1.82, 2.24) is 0 Å². The first-order valence-electron chi connectivity index (χ1n) is 10.4. The maximum atomic E-state index is 9.02. The molecule has 2 saturated carbocycles. The normalized spacial score (nSPS) is 40.8. The van der Waals surface area contributed by atoms with Gasteiger partial charge in [-0.25, -0.2) is 0 Å². The summed E-state index contributed by atoms with van der Waals surface area (Å²) in [7, 11) is 0. The molecule has 2 aliphatic rings. The summed E-state index contributed by atoms with van der Waals surface area (Å²) in [5, 5.41) is 9.02. The summed E-state index contributed by atoms with van der Waals surface area (Å²) in [6, 6.07) is 9.32. The lowest BCUT2D eigenvalue weighted by Crippen LogP contribution is -2.34. The van der Waals surface area contributed by atoms with Gasteiger partial charge in [0.2, 0.25) is 0 Å². The zero-order chi connectivity index (χ0) is 18.9. The molecule has 2 aliphatic carbocycles. The molecule has 1 nitrogen and oxygen atoms in total. The SMILES string of the molecule is [2H]C1(C)CC2CC(CCC=C)CCC2C([2H])([2H])C1c1ccc(C#N)cc1. The fraction of sp³-hybridized carbons (Fsp3) is 0.591. The largest absolute Gasteiger partial charge is 0.192 e. The monoisotopic (exact) mass is 310 g/mol. The van der Waals surface area contributed by atoms with Crippen LogP contribution in [-0.2, 0) is 0 Å². The molecular weight excluding hydrogens is 278 g/mol. The van der Waals surface area contributed by atoms with Crippen LogP contribution in [-0.4, -0.2) is 0 Å². The molecule has 1 aromatic rings. The summed E-state index contributed by atoms with van der Waals surface area (Å²) < 4.78 is 26.9. The average Bonchev–Trinajstić information content (AvgIpc) is 2.59. The highest BCUT2D eigenvalue weighted by Crippen LogP contribution is 2.50. The fourth-order valence-corrected chi connectivity index (χ4v) is 4.44. The fourth-order valence-electron chi connectivity index (χ4n) is 4.44. The van der Waals surface area contributed by atoms with Gasteiger partial charge in [0.05, 0.1) is 11.6 Å². The zero-order valence-electron chi connectivity index (χ0n) is 17.1. The van der Waals surface area contributed by atoms with E-state index in [-0.39, 0.29) is 5.92 Å². The van der Waals surface area contributed by atoms with Crippen LogP contribution in [0.5, 0.6) is 0 Å². The Morgan fingerprint density at radius 3 is 2.78 bits per heavy atom. The summed E-state index contributed by atoms with van der Waals surface area (Å²) in [4.78, 5) is 0. The summed E-state index contributed by atoms with van der Waals surface area (Å²) >= 11 is 0. The van der Waals surface area contributed by atoms with Gasteiger partial charge < -0.3 is 0 Å². The number of hydrogen-bond acceptors (Lipinski definition) is 1. The van der Waals surface area contributed by atoms with E-state index in [2.05, 4.69) is 12.6 Å². The van der Waals surface area contributed by atoms with Gasteiger partial charge in [-0.2, -0.15) is 5.26 Å². The first-order chi connectivity index (χ1) is 12.3. The van der Waals surface area contributed by atoms with E-state index in [4.69, 9.17) is 9.37 Å². The van der Waals surface area contributed by atoms with Gasteiger partial charge >= 0.3 is 0 Å². The molecule has 0 spiro atoms. The second kappa shape index (κ2) is 7.35. The van der Waals surface area contributed by atoms with Crippen LogP contribution in [0, 0.1) is 35.0 Å². The Kier molecular flexibility index (Phi) is 4.10. The Labute approximate surface area is 145 Å². The predicted octanol–water partition coefficient (Wildman–Crippen LogP) is 6.07. The minimum atomic E-state index is -1.39. The van der Waals surface area contributed by atoms with Crippen molar-refractivity contribution in [2.24, 2.45) is 23.6 Å². The first-order valence-corrected chi connectivity index (χ1v) is 8.90. The quantitative estimate of drug-likeness (QED) is 0.619.